The molecule has 1 aliphatic rings. The minimum atomic E-state index is 0.0178. The van der Waals surface area contributed by atoms with E-state index in [-0.39, 0.29) is 5.60 Å². The van der Waals surface area contributed by atoms with Gasteiger partial charge in [-0.1, -0.05) is 0 Å². The Balaban J connectivity index is 1.80. The monoisotopic (exact) mass is 209 g/mol. The van der Waals surface area contributed by atoms with Crippen LogP contribution >= 0.6 is 0 Å². The first kappa shape index (κ1) is 10.6. The van der Waals surface area contributed by atoms with Gasteiger partial charge in [0.1, 0.15) is 0 Å². The highest BCUT2D eigenvalue weighted by Crippen LogP contribution is 2.23. The lowest BCUT2D eigenvalue weighted by Crippen LogP contribution is -2.43. The number of nitrogens with one attached hydrogen (secondary N) is 2. The van der Waals surface area contributed by atoms with Crippen LogP contribution in [0.4, 0.5) is 0 Å². The second-order valence-electron chi connectivity index (χ2n) is 4.76. The zero-order valence-corrected chi connectivity index (χ0v) is 9.42. The predicted octanol–water partition coefficient (Wildman–Crippen LogP) is 1.46. The smallest absolute Gasteiger partial charge is 0.0922 e. The van der Waals surface area contributed by atoms with Gasteiger partial charge in [0.15, 0.2) is 0 Å². The number of ether oxygens (including phenoxy) is 1. The average molecular weight is 209 g/mol. The van der Waals surface area contributed by atoms with Gasteiger partial charge >= 0.3 is 0 Å². The van der Waals surface area contributed by atoms with E-state index in [1.54, 1.807) is 6.33 Å². The molecule has 1 atom stereocenters. The molecule has 0 radical (unpaired) electrons. The topological polar surface area (TPSA) is 49.9 Å². The van der Waals surface area contributed by atoms with Gasteiger partial charge < -0.3 is 15.0 Å². The van der Waals surface area contributed by atoms with Crippen molar-refractivity contribution < 1.29 is 4.74 Å². The van der Waals surface area contributed by atoms with E-state index < -0.39 is 0 Å². The molecule has 1 aromatic rings. The molecular formula is C11H19N3O. The third kappa shape index (κ3) is 3.04. The first-order chi connectivity index (χ1) is 7.16. The van der Waals surface area contributed by atoms with Gasteiger partial charge in [-0.25, -0.2) is 4.98 Å². The van der Waals surface area contributed by atoms with E-state index in [2.05, 4.69) is 29.1 Å². The number of aromatic amines is 1. The summed E-state index contributed by atoms with van der Waals surface area (Å²) < 4.78 is 5.67. The molecule has 1 aromatic heterocycles. The molecule has 1 unspecified atom stereocenters. The fourth-order valence-electron chi connectivity index (χ4n) is 2.04. The van der Waals surface area contributed by atoms with Crippen molar-refractivity contribution in [1.29, 1.82) is 0 Å². The molecule has 2 N–H and O–H groups in total. The molecule has 4 nitrogen and oxygen atoms in total. The van der Waals surface area contributed by atoms with Gasteiger partial charge in [-0.2, -0.15) is 0 Å². The lowest BCUT2D eigenvalue weighted by Gasteiger charge is -2.35. The molecule has 1 saturated heterocycles. The standard InChI is InChI=1S/C11H19N3O/c1-11(2)5-9(3-4-15-11)13-7-10-6-12-8-14-10/h6,8-9,13H,3-5,7H2,1-2H3,(H,12,14). The lowest BCUT2D eigenvalue weighted by atomic mass is 9.94. The van der Waals surface area contributed by atoms with E-state index in [1.807, 2.05) is 6.20 Å². The molecule has 0 amide bonds. The second kappa shape index (κ2) is 4.33. The summed E-state index contributed by atoms with van der Waals surface area (Å²) in [5, 5.41) is 3.53. The molecule has 0 aliphatic carbocycles. The molecule has 0 spiro atoms. The molecule has 15 heavy (non-hydrogen) atoms. The van der Waals surface area contributed by atoms with Crippen molar-refractivity contribution in [2.45, 2.75) is 44.9 Å². The Kier molecular flexibility index (Phi) is 3.07. The molecule has 0 saturated carbocycles. The van der Waals surface area contributed by atoms with Crippen molar-refractivity contribution in [3.63, 3.8) is 0 Å². The van der Waals surface area contributed by atoms with Gasteiger partial charge in [-0.15, -0.1) is 0 Å². The Labute approximate surface area is 90.4 Å². The Morgan fingerprint density at radius 2 is 2.53 bits per heavy atom. The average Bonchev–Trinajstić information content (AvgIpc) is 2.65. The Morgan fingerprint density at radius 1 is 1.67 bits per heavy atom. The summed E-state index contributed by atoms with van der Waals surface area (Å²) in [6.45, 7) is 6.02. The van der Waals surface area contributed by atoms with Gasteiger partial charge in [-0.05, 0) is 26.7 Å². The summed E-state index contributed by atoms with van der Waals surface area (Å²) in [5.41, 5.74) is 1.16. The summed E-state index contributed by atoms with van der Waals surface area (Å²) >= 11 is 0. The number of hydrogen-bond acceptors (Lipinski definition) is 3. The lowest BCUT2D eigenvalue weighted by molar-refractivity contribution is -0.0631. The van der Waals surface area contributed by atoms with Crippen molar-refractivity contribution in [2.24, 2.45) is 0 Å². The number of rotatable bonds is 3. The summed E-state index contributed by atoms with van der Waals surface area (Å²) in [7, 11) is 0. The Morgan fingerprint density at radius 3 is 3.20 bits per heavy atom. The largest absolute Gasteiger partial charge is 0.375 e. The highest BCUT2D eigenvalue weighted by atomic mass is 16.5. The normalized spacial score (nSPS) is 25.3. The van der Waals surface area contributed by atoms with Crippen molar-refractivity contribution >= 4 is 0 Å². The van der Waals surface area contributed by atoms with Crippen LogP contribution in [0, 0.1) is 0 Å². The highest BCUT2D eigenvalue weighted by Gasteiger charge is 2.28. The predicted molar refractivity (Wildman–Crippen MR) is 58.5 cm³/mol. The third-order valence-corrected chi connectivity index (χ3v) is 2.83. The first-order valence-corrected chi connectivity index (χ1v) is 5.50. The Hall–Kier alpha value is -0.870. The molecule has 2 rings (SSSR count). The zero-order valence-electron chi connectivity index (χ0n) is 9.42. The van der Waals surface area contributed by atoms with Crippen molar-refractivity contribution in [3.05, 3.63) is 18.2 Å². The Bertz CT molecular complexity index is 295. The minimum absolute atomic E-state index is 0.0178. The molecule has 0 bridgehead atoms. The number of aromatic nitrogens is 2. The number of hydrogen-bond donors (Lipinski definition) is 2. The van der Waals surface area contributed by atoms with Crippen LogP contribution in [0.3, 0.4) is 0 Å². The fourth-order valence-corrected chi connectivity index (χ4v) is 2.04. The first-order valence-electron chi connectivity index (χ1n) is 5.50. The van der Waals surface area contributed by atoms with Gasteiger partial charge in [0, 0.05) is 31.1 Å². The quantitative estimate of drug-likeness (QED) is 0.792. The van der Waals surface area contributed by atoms with E-state index in [9.17, 15) is 0 Å². The minimum Gasteiger partial charge on any atom is -0.375 e. The summed E-state index contributed by atoms with van der Waals surface area (Å²) in [4.78, 5) is 7.09. The fraction of sp³-hybridized carbons (Fsp3) is 0.727. The van der Waals surface area contributed by atoms with Gasteiger partial charge in [0.25, 0.3) is 0 Å². The second-order valence-corrected chi connectivity index (χ2v) is 4.76. The molecular weight excluding hydrogens is 190 g/mol. The van der Waals surface area contributed by atoms with Gasteiger partial charge in [0.2, 0.25) is 0 Å². The van der Waals surface area contributed by atoms with E-state index >= 15 is 0 Å². The van der Waals surface area contributed by atoms with Crippen LogP contribution in [0.5, 0.6) is 0 Å². The van der Waals surface area contributed by atoms with Gasteiger partial charge in [-0.3, -0.25) is 0 Å². The van der Waals surface area contributed by atoms with Crippen LogP contribution in [-0.2, 0) is 11.3 Å². The maximum Gasteiger partial charge on any atom is 0.0922 e. The van der Waals surface area contributed by atoms with Crippen molar-refractivity contribution in [1.82, 2.24) is 15.3 Å². The molecule has 2 heterocycles. The highest BCUT2D eigenvalue weighted by molar-refractivity contribution is 4.94. The van der Waals surface area contributed by atoms with E-state index in [0.717, 1.165) is 31.7 Å². The molecule has 1 fully saturated rings. The third-order valence-electron chi connectivity index (χ3n) is 2.83. The zero-order chi connectivity index (χ0) is 10.7. The van der Waals surface area contributed by atoms with Crippen LogP contribution in [0.25, 0.3) is 0 Å². The van der Waals surface area contributed by atoms with Crippen LogP contribution in [0.2, 0.25) is 0 Å². The molecule has 0 aromatic carbocycles. The summed E-state index contributed by atoms with van der Waals surface area (Å²) in [5.74, 6) is 0. The maximum atomic E-state index is 5.67. The number of imidazole rings is 1. The SMILES string of the molecule is CC1(C)CC(NCc2cnc[nH]2)CCO1. The van der Waals surface area contributed by atoms with Crippen LogP contribution in [0.15, 0.2) is 12.5 Å². The van der Waals surface area contributed by atoms with E-state index in [1.165, 1.54) is 0 Å². The summed E-state index contributed by atoms with van der Waals surface area (Å²) in [6, 6.07) is 0.553. The van der Waals surface area contributed by atoms with Crippen LogP contribution in [-0.4, -0.2) is 28.2 Å². The molecule has 1 aliphatic heterocycles. The number of H-pyrrole nitrogens is 1. The van der Waals surface area contributed by atoms with E-state index in [0.29, 0.717) is 6.04 Å². The molecule has 84 valence electrons. The van der Waals surface area contributed by atoms with Crippen molar-refractivity contribution in [2.75, 3.05) is 6.61 Å². The number of nitrogens with zero attached hydrogens (tertiary/aromatic N) is 1. The maximum absolute atomic E-state index is 5.67. The van der Waals surface area contributed by atoms with Crippen LogP contribution in [0.1, 0.15) is 32.4 Å². The van der Waals surface area contributed by atoms with E-state index in [4.69, 9.17) is 4.74 Å². The summed E-state index contributed by atoms with van der Waals surface area (Å²) in [6.07, 6.45) is 5.74. The van der Waals surface area contributed by atoms with Gasteiger partial charge in [0.05, 0.1) is 11.9 Å². The van der Waals surface area contributed by atoms with Crippen LogP contribution < -0.4 is 5.32 Å². The van der Waals surface area contributed by atoms with Crippen molar-refractivity contribution in [3.8, 4) is 0 Å². The molecule has 4 heteroatoms.